The van der Waals surface area contributed by atoms with E-state index in [4.69, 9.17) is 4.74 Å². The molecule has 2 N–H and O–H groups in total. The predicted octanol–water partition coefficient (Wildman–Crippen LogP) is 6.33. The second kappa shape index (κ2) is 8.90. The zero-order chi connectivity index (χ0) is 24.9. The van der Waals surface area contributed by atoms with Gasteiger partial charge in [0.05, 0.1) is 18.6 Å². The molecule has 1 aliphatic heterocycles. The standard InChI is InChI=1S/C27H29F3N2O3/c1-15-11-24(35-2)21(19-7-9-31-25(15)19)14-32-10-8-18(20-13-22(20)27(28,29)30)12-23(32)16-3-5-17(6-4-16)26(33)34/h3-7,9,11,18,20,22-23,31H,8,10,12-14H2,1-2H3,(H,33,34)/t18-,20?,22?,23+/m1/s1. The van der Waals surface area contributed by atoms with E-state index in [1.165, 1.54) is 0 Å². The SMILES string of the molecule is COc1cc(C)c2[nH]ccc2c1CN1CC[C@@H](C2CC2C(F)(F)F)C[C@H]1c1ccc(C(=O)O)cc1. The van der Waals surface area contributed by atoms with Gasteiger partial charge in [-0.3, -0.25) is 4.90 Å². The maximum absolute atomic E-state index is 13.3. The predicted molar refractivity (Wildman–Crippen MR) is 127 cm³/mol. The number of aryl methyl sites for hydroxylation is 1. The molecule has 3 aromatic rings. The highest BCUT2D eigenvalue weighted by atomic mass is 19.4. The van der Waals surface area contributed by atoms with Gasteiger partial charge in [-0.25, -0.2) is 4.79 Å². The van der Waals surface area contributed by atoms with Crippen LogP contribution in [0.2, 0.25) is 0 Å². The first-order chi connectivity index (χ1) is 16.7. The second-order valence-corrected chi connectivity index (χ2v) is 9.89. The summed E-state index contributed by atoms with van der Waals surface area (Å²) < 4.78 is 45.6. The van der Waals surface area contributed by atoms with E-state index in [0.29, 0.717) is 25.9 Å². The zero-order valence-electron chi connectivity index (χ0n) is 19.7. The topological polar surface area (TPSA) is 65.6 Å². The quantitative estimate of drug-likeness (QED) is 0.427. The third-order valence-electron chi connectivity index (χ3n) is 7.85. The molecule has 0 spiro atoms. The van der Waals surface area contributed by atoms with Gasteiger partial charge in [0.15, 0.2) is 0 Å². The van der Waals surface area contributed by atoms with Crippen molar-refractivity contribution in [2.45, 2.75) is 44.9 Å². The lowest BCUT2D eigenvalue weighted by molar-refractivity contribution is -0.153. The summed E-state index contributed by atoms with van der Waals surface area (Å²) in [7, 11) is 1.65. The fraction of sp³-hybridized carbons (Fsp3) is 0.444. The molecule has 35 heavy (non-hydrogen) atoms. The fourth-order valence-corrected chi connectivity index (χ4v) is 5.91. The number of piperidine rings is 1. The summed E-state index contributed by atoms with van der Waals surface area (Å²) in [6, 6.07) is 10.7. The molecular formula is C27H29F3N2O3. The fourth-order valence-electron chi connectivity index (χ4n) is 5.91. The van der Waals surface area contributed by atoms with Crippen LogP contribution in [0.15, 0.2) is 42.6 Å². The van der Waals surface area contributed by atoms with E-state index in [2.05, 4.69) is 9.88 Å². The minimum atomic E-state index is -4.13. The summed E-state index contributed by atoms with van der Waals surface area (Å²) >= 11 is 0. The molecule has 4 atom stereocenters. The Kier molecular flexibility index (Phi) is 6.03. The van der Waals surface area contributed by atoms with E-state index >= 15 is 0 Å². The van der Waals surface area contributed by atoms with Crippen molar-refractivity contribution in [2.75, 3.05) is 13.7 Å². The van der Waals surface area contributed by atoms with Crippen LogP contribution in [0.3, 0.4) is 0 Å². The molecule has 1 aliphatic carbocycles. The van der Waals surface area contributed by atoms with Crippen molar-refractivity contribution in [3.05, 3.63) is 64.8 Å². The molecule has 0 amide bonds. The van der Waals surface area contributed by atoms with Gasteiger partial charge < -0.3 is 14.8 Å². The van der Waals surface area contributed by atoms with Crippen molar-refractivity contribution in [1.29, 1.82) is 0 Å². The van der Waals surface area contributed by atoms with Crippen LogP contribution >= 0.6 is 0 Å². The smallest absolute Gasteiger partial charge is 0.392 e. The van der Waals surface area contributed by atoms with Gasteiger partial charge in [0.2, 0.25) is 0 Å². The molecule has 1 aromatic heterocycles. The minimum Gasteiger partial charge on any atom is -0.496 e. The number of hydrogen-bond acceptors (Lipinski definition) is 3. The number of alkyl halides is 3. The molecule has 2 fully saturated rings. The third kappa shape index (κ3) is 4.51. The van der Waals surface area contributed by atoms with Crippen molar-refractivity contribution in [2.24, 2.45) is 17.8 Å². The summed E-state index contributed by atoms with van der Waals surface area (Å²) in [6.45, 7) is 3.28. The van der Waals surface area contributed by atoms with Crippen molar-refractivity contribution >= 4 is 16.9 Å². The molecule has 5 nitrogen and oxygen atoms in total. The largest absolute Gasteiger partial charge is 0.496 e. The second-order valence-electron chi connectivity index (χ2n) is 9.89. The van der Waals surface area contributed by atoms with Gasteiger partial charge in [-0.1, -0.05) is 12.1 Å². The van der Waals surface area contributed by atoms with Crippen molar-refractivity contribution in [3.8, 4) is 5.75 Å². The molecule has 186 valence electrons. The summed E-state index contributed by atoms with van der Waals surface area (Å²) in [5.74, 6) is -1.72. The van der Waals surface area contributed by atoms with Crippen LogP contribution < -0.4 is 4.74 Å². The Morgan fingerprint density at radius 2 is 1.94 bits per heavy atom. The molecule has 0 bridgehead atoms. The number of ether oxygens (including phenoxy) is 1. The molecule has 2 aliphatic rings. The van der Waals surface area contributed by atoms with E-state index in [9.17, 15) is 23.1 Å². The Balaban J connectivity index is 1.47. The van der Waals surface area contributed by atoms with E-state index in [1.807, 2.05) is 25.3 Å². The average molecular weight is 487 g/mol. The Bertz CT molecular complexity index is 1230. The van der Waals surface area contributed by atoms with Gasteiger partial charge in [-0.15, -0.1) is 0 Å². The van der Waals surface area contributed by atoms with E-state index in [-0.39, 0.29) is 29.9 Å². The number of nitrogens with one attached hydrogen (secondary N) is 1. The van der Waals surface area contributed by atoms with Crippen LogP contribution in [0.1, 0.15) is 52.4 Å². The van der Waals surface area contributed by atoms with Crippen molar-refractivity contribution < 1.29 is 27.8 Å². The van der Waals surface area contributed by atoms with Crippen LogP contribution in [0, 0.1) is 24.7 Å². The van der Waals surface area contributed by atoms with Gasteiger partial charge in [0.25, 0.3) is 0 Å². The molecule has 0 radical (unpaired) electrons. The highest BCUT2D eigenvalue weighted by Gasteiger charge is 2.58. The maximum atomic E-state index is 13.3. The number of hydrogen-bond donors (Lipinski definition) is 2. The number of aromatic amines is 1. The summed E-state index contributed by atoms with van der Waals surface area (Å²) in [6.07, 6.45) is -0.678. The number of halogens is 3. The minimum absolute atomic E-state index is 0.00536. The van der Waals surface area contributed by atoms with E-state index < -0.39 is 18.1 Å². The zero-order valence-corrected chi connectivity index (χ0v) is 19.7. The first kappa shape index (κ1) is 23.7. The molecule has 1 saturated carbocycles. The van der Waals surface area contributed by atoms with Gasteiger partial charge in [-0.2, -0.15) is 13.2 Å². The summed E-state index contributed by atoms with van der Waals surface area (Å²) in [4.78, 5) is 16.9. The number of nitrogens with zero attached hydrogens (tertiary/aromatic N) is 1. The van der Waals surface area contributed by atoms with Crippen molar-refractivity contribution in [3.63, 3.8) is 0 Å². The van der Waals surface area contributed by atoms with Crippen LogP contribution in [0.25, 0.3) is 10.9 Å². The highest BCUT2D eigenvalue weighted by Crippen LogP contribution is 2.57. The number of H-pyrrole nitrogens is 1. The van der Waals surface area contributed by atoms with E-state index in [1.54, 1.807) is 31.4 Å². The van der Waals surface area contributed by atoms with Gasteiger partial charge >= 0.3 is 12.1 Å². The molecule has 2 aromatic carbocycles. The molecule has 8 heteroatoms. The van der Waals surface area contributed by atoms with Crippen molar-refractivity contribution in [1.82, 2.24) is 9.88 Å². The molecular weight excluding hydrogens is 457 g/mol. The highest BCUT2D eigenvalue weighted by molar-refractivity contribution is 5.88. The number of likely N-dealkylation sites (tertiary alicyclic amines) is 1. The van der Waals surface area contributed by atoms with Gasteiger partial charge in [-0.05, 0) is 80.0 Å². The Morgan fingerprint density at radius 1 is 1.20 bits per heavy atom. The maximum Gasteiger partial charge on any atom is 0.392 e. The Morgan fingerprint density at radius 3 is 2.57 bits per heavy atom. The molecule has 2 heterocycles. The number of aromatic nitrogens is 1. The monoisotopic (exact) mass is 486 g/mol. The number of fused-ring (bicyclic) bond motifs is 1. The number of aromatic carboxylic acids is 1. The first-order valence-corrected chi connectivity index (χ1v) is 11.9. The van der Waals surface area contributed by atoms with Crippen LogP contribution in [-0.2, 0) is 6.54 Å². The lowest BCUT2D eigenvalue weighted by atomic mass is 9.83. The number of carboxylic acid groups (broad SMARTS) is 1. The van der Waals surface area contributed by atoms with Gasteiger partial charge in [0.1, 0.15) is 5.75 Å². The summed E-state index contributed by atoms with van der Waals surface area (Å²) in [5.41, 5.74) is 4.29. The number of benzene rings is 2. The average Bonchev–Trinajstić information content (AvgIpc) is 3.50. The molecule has 5 rings (SSSR count). The van der Waals surface area contributed by atoms with E-state index in [0.717, 1.165) is 33.3 Å². The lowest BCUT2D eigenvalue weighted by Crippen LogP contribution is -2.37. The van der Waals surface area contributed by atoms with Gasteiger partial charge in [0, 0.05) is 35.2 Å². The lowest BCUT2D eigenvalue weighted by Gasteiger charge is -2.40. The normalized spacial score (nSPS) is 25.1. The number of carboxylic acids is 1. The molecule has 1 saturated heterocycles. The Labute approximate surface area is 201 Å². The first-order valence-electron chi connectivity index (χ1n) is 11.9. The Hall–Kier alpha value is -3.00. The van der Waals surface area contributed by atoms with Crippen LogP contribution in [0.4, 0.5) is 13.2 Å². The number of methoxy groups -OCH3 is 1. The van der Waals surface area contributed by atoms with Crippen LogP contribution in [-0.4, -0.2) is 40.8 Å². The molecule has 2 unspecified atom stereocenters. The number of carbonyl (C=O) groups is 1. The third-order valence-corrected chi connectivity index (χ3v) is 7.85. The summed E-state index contributed by atoms with van der Waals surface area (Å²) in [5, 5.41) is 10.4. The van der Waals surface area contributed by atoms with Crippen LogP contribution in [0.5, 0.6) is 5.75 Å². The number of rotatable bonds is 6.